The number of ether oxygens (including phenoxy) is 1. The van der Waals surface area contributed by atoms with E-state index in [9.17, 15) is 0 Å². The van der Waals surface area contributed by atoms with Gasteiger partial charge in [-0.1, -0.05) is 0 Å². The van der Waals surface area contributed by atoms with Crippen molar-refractivity contribution in [1.29, 1.82) is 0 Å². The lowest BCUT2D eigenvalue weighted by molar-refractivity contribution is 0.0415. The molecule has 19 heavy (non-hydrogen) atoms. The van der Waals surface area contributed by atoms with Gasteiger partial charge in [-0.25, -0.2) is 4.98 Å². The first-order valence-electron chi connectivity index (χ1n) is 7.04. The summed E-state index contributed by atoms with van der Waals surface area (Å²) in [6, 6.07) is 0. The van der Waals surface area contributed by atoms with Gasteiger partial charge in [-0.15, -0.1) is 0 Å². The average molecular weight is 266 g/mol. The van der Waals surface area contributed by atoms with Crippen LogP contribution in [0.5, 0.6) is 0 Å². The number of nitrogens with zero attached hydrogens (tertiary/aromatic N) is 3. The summed E-state index contributed by atoms with van der Waals surface area (Å²) in [6.45, 7) is 3.52. The van der Waals surface area contributed by atoms with E-state index in [4.69, 9.17) is 4.74 Å². The lowest BCUT2D eigenvalue weighted by Gasteiger charge is -2.47. The van der Waals surface area contributed by atoms with E-state index in [1.807, 2.05) is 12.5 Å². The number of hydrogen-bond donors (Lipinski definition) is 1. The van der Waals surface area contributed by atoms with Crippen LogP contribution >= 0.6 is 0 Å². The number of rotatable bonds is 8. The van der Waals surface area contributed by atoms with E-state index < -0.39 is 0 Å². The Morgan fingerprint density at radius 1 is 1.47 bits per heavy atom. The quantitative estimate of drug-likeness (QED) is 0.716. The van der Waals surface area contributed by atoms with Gasteiger partial charge in [-0.05, 0) is 33.4 Å². The molecule has 1 heterocycles. The normalized spacial score (nSPS) is 17.7. The van der Waals surface area contributed by atoms with Crippen LogP contribution in [0.15, 0.2) is 12.5 Å². The number of imidazole rings is 1. The van der Waals surface area contributed by atoms with Crippen molar-refractivity contribution < 1.29 is 4.74 Å². The third kappa shape index (κ3) is 3.35. The highest BCUT2D eigenvalue weighted by Crippen LogP contribution is 2.37. The van der Waals surface area contributed by atoms with E-state index >= 15 is 0 Å². The van der Waals surface area contributed by atoms with Crippen molar-refractivity contribution in [3.8, 4) is 0 Å². The zero-order valence-electron chi connectivity index (χ0n) is 12.4. The molecule has 5 heteroatoms. The van der Waals surface area contributed by atoms with Crippen molar-refractivity contribution >= 4 is 0 Å². The monoisotopic (exact) mass is 266 g/mol. The van der Waals surface area contributed by atoms with Gasteiger partial charge in [0.05, 0.1) is 18.6 Å². The molecule has 1 saturated carbocycles. The zero-order chi connectivity index (χ0) is 13.7. The lowest BCUT2D eigenvalue weighted by atomic mass is 9.75. The van der Waals surface area contributed by atoms with Crippen LogP contribution in [-0.2, 0) is 17.8 Å². The summed E-state index contributed by atoms with van der Waals surface area (Å²) < 4.78 is 7.33. The van der Waals surface area contributed by atoms with E-state index in [0.29, 0.717) is 5.54 Å². The van der Waals surface area contributed by atoms with Crippen molar-refractivity contribution in [3.63, 3.8) is 0 Å². The van der Waals surface area contributed by atoms with Gasteiger partial charge in [0.25, 0.3) is 0 Å². The molecule has 1 fully saturated rings. The van der Waals surface area contributed by atoms with E-state index in [0.717, 1.165) is 26.2 Å². The maximum Gasteiger partial charge on any atom is 0.0949 e. The molecule has 5 nitrogen and oxygen atoms in total. The van der Waals surface area contributed by atoms with Crippen molar-refractivity contribution in [2.24, 2.45) is 0 Å². The van der Waals surface area contributed by atoms with Crippen LogP contribution in [0.4, 0.5) is 0 Å². The maximum absolute atomic E-state index is 5.04. The molecule has 0 spiro atoms. The Balaban J connectivity index is 1.92. The number of aromatic nitrogens is 2. The van der Waals surface area contributed by atoms with Gasteiger partial charge >= 0.3 is 0 Å². The topological polar surface area (TPSA) is 42.3 Å². The number of likely N-dealkylation sites (N-methyl/N-ethyl adjacent to an activating group) is 1. The molecule has 1 aliphatic rings. The highest BCUT2D eigenvalue weighted by Gasteiger charge is 2.39. The van der Waals surface area contributed by atoms with Crippen LogP contribution in [-0.4, -0.2) is 54.3 Å². The second-order valence-electron chi connectivity index (χ2n) is 5.65. The number of nitrogens with one attached hydrogen (secondary N) is 1. The Kier molecular flexibility index (Phi) is 4.96. The van der Waals surface area contributed by atoms with Crippen molar-refractivity contribution in [2.75, 3.05) is 34.4 Å². The second-order valence-corrected chi connectivity index (χ2v) is 5.65. The molecule has 0 bridgehead atoms. The fraction of sp³-hybridized carbons (Fsp3) is 0.786. The number of methoxy groups -OCH3 is 1. The molecule has 1 N–H and O–H groups in total. The second kappa shape index (κ2) is 6.50. The Bertz CT molecular complexity index is 385. The van der Waals surface area contributed by atoms with Gasteiger partial charge in [0, 0.05) is 38.5 Å². The molecular weight excluding hydrogens is 240 g/mol. The fourth-order valence-corrected chi connectivity index (χ4v) is 2.68. The van der Waals surface area contributed by atoms with Crippen molar-refractivity contribution in [3.05, 3.63) is 18.2 Å². The minimum atomic E-state index is 0.335. The molecule has 0 saturated heterocycles. The molecule has 0 amide bonds. The number of hydrogen-bond acceptors (Lipinski definition) is 4. The first-order valence-corrected chi connectivity index (χ1v) is 7.04. The first kappa shape index (κ1) is 14.5. The minimum absolute atomic E-state index is 0.335. The average Bonchev–Trinajstić information content (AvgIpc) is 2.76. The van der Waals surface area contributed by atoms with Gasteiger partial charge in [0.15, 0.2) is 0 Å². The standard InChI is InChI=1S/C14H26N4O/c1-17(2)14(5-4-6-14)11-18-12-16-10-13(18)9-15-7-8-19-3/h10,12,15H,4-9,11H2,1-3H3. The van der Waals surface area contributed by atoms with E-state index in [1.54, 1.807) is 7.11 Å². The third-order valence-electron chi connectivity index (χ3n) is 4.29. The molecule has 1 aromatic heterocycles. The predicted octanol–water partition coefficient (Wildman–Crippen LogP) is 1.10. The van der Waals surface area contributed by atoms with E-state index in [1.165, 1.54) is 25.0 Å². The first-order chi connectivity index (χ1) is 9.18. The summed E-state index contributed by atoms with van der Waals surface area (Å²) in [5.41, 5.74) is 1.59. The molecule has 0 aliphatic heterocycles. The smallest absolute Gasteiger partial charge is 0.0949 e. The van der Waals surface area contributed by atoms with Gasteiger partial charge in [0.1, 0.15) is 0 Å². The summed E-state index contributed by atoms with van der Waals surface area (Å²) in [6.07, 6.45) is 7.83. The summed E-state index contributed by atoms with van der Waals surface area (Å²) in [4.78, 5) is 6.67. The summed E-state index contributed by atoms with van der Waals surface area (Å²) in [5, 5.41) is 3.38. The summed E-state index contributed by atoms with van der Waals surface area (Å²) >= 11 is 0. The molecule has 1 aliphatic carbocycles. The molecule has 108 valence electrons. The fourth-order valence-electron chi connectivity index (χ4n) is 2.68. The van der Waals surface area contributed by atoms with Gasteiger partial charge in [-0.3, -0.25) is 0 Å². The summed E-state index contributed by atoms with van der Waals surface area (Å²) in [7, 11) is 6.10. The van der Waals surface area contributed by atoms with Crippen LogP contribution in [0.2, 0.25) is 0 Å². The maximum atomic E-state index is 5.04. The Labute approximate surface area is 116 Å². The molecule has 0 aromatic carbocycles. The van der Waals surface area contributed by atoms with Gasteiger partial charge in [0.2, 0.25) is 0 Å². The van der Waals surface area contributed by atoms with E-state index in [2.05, 4.69) is 33.9 Å². The summed E-state index contributed by atoms with van der Waals surface area (Å²) in [5.74, 6) is 0. The Morgan fingerprint density at radius 2 is 2.26 bits per heavy atom. The molecule has 0 atom stereocenters. The van der Waals surface area contributed by atoms with Crippen LogP contribution < -0.4 is 5.32 Å². The van der Waals surface area contributed by atoms with Gasteiger partial charge in [-0.2, -0.15) is 0 Å². The lowest BCUT2D eigenvalue weighted by Crippen LogP contribution is -2.53. The molecule has 0 unspecified atom stereocenters. The van der Waals surface area contributed by atoms with Crippen LogP contribution in [0, 0.1) is 0 Å². The van der Waals surface area contributed by atoms with Crippen LogP contribution in [0.25, 0.3) is 0 Å². The molecular formula is C14H26N4O. The third-order valence-corrected chi connectivity index (χ3v) is 4.29. The minimum Gasteiger partial charge on any atom is -0.383 e. The highest BCUT2D eigenvalue weighted by atomic mass is 16.5. The van der Waals surface area contributed by atoms with Crippen LogP contribution in [0.1, 0.15) is 25.0 Å². The molecule has 2 rings (SSSR count). The Hall–Kier alpha value is -0.910. The van der Waals surface area contributed by atoms with Crippen LogP contribution in [0.3, 0.4) is 0 Å². The molecule has 1 aromatic rings. The van der Waals surface area contributed by atoms with Crippen molar-refractivity contribution in [1.82, 2.24) is 19.8 Å². The Morgan fingerprint density at radius 3 is 2.84 bits per heavy atom. The predicted molar refractivity (Wildman–Crippen MR) is 76.1 cm³/mol. The van der Waals surface area contributed by atoms with E-state index in [-0.39, 0.29) is 0 Å². The van der Waals surface area contributed by atoms with Crippen molar-refractivity contribution in [2.45, 2.75) is 37.9 Å². The largest absolute Gasteiger partial charge is 0.383 e. The SMILES string of the molecule is COCCNCc1cncn1CC1(N(C)C)CCC1. The highest BCUT2D eigenvalue weighted by molar-refractivity contribution is 5.03. The zero-order valence-corrected chi connectivity index (χ0v) is 12.4. The van der Waals surface area contributed by atoms with Gasteiger partial charge < -0.3 is 19.5 Å². The molecule has 0 radical (unpaired) electrons.